The highest BCUT2D eigenvalue weighted by atomic mass is 16.6. The fraction of sp³-hybridized carbons (Fsp3) is 0.235. The van der Waals surface area contributed by atoms with Crippen LogP contribution in [0.1, 0.15) is 35.1 Å². The Hall–Kier alpha value is -5.78. The van der Waals surface area contributed by atoms with Crippen LogP contribution in [-0.4, -0.2) is 36.0 Å². The minimum atomic E-state index is -0.433. The van der Waals surface area contributed by atoms with Gasteiger partial charge in [0.05, 0.1) is 24.1 Å². The van der Waals surface area contributed by atoms with Crippen LogP contribution in [0.25, 0.3) is 0 Å². The first-order valence-corrected chi connectivity index (χ1v) is 14.2. The Morgan fingerprint density at radius 2 is 0.826 bits per heavy atom. The maximum atomic E-state index is 11.1. The third kappa shape index (κ3) is 12.1. The predicted octanol–water partition coefficient (Wildman–Crippen LogP) is 6.56. The van der Waals surface area contributed by atoms with Gasteiger partial charge in [0, 0.05) is 37.1 Å². The average molecular weight is 631 g/mol. The first kappa shape index (κ1) is 34.7. The molecule has 0 heterocycles. The van der Waals surface area contributed by atoms with E-state index >= 15 is 0 Å². The van der Waals surface area contributed by atoms with Gasteiger partial charge in [-0.25, -0.2) is 0 Å². The molecule has 0 saturated carbocycles. The number of benzene rings is 4. The maximum Gasteiger partial charge on any atom is 0.305 e. The van der Waals surface area contributed by atoms with Crippen molar-refractivity contribution in [2.45, 2.75) is 38.9 Å². The van der Waals surface area contributed by atoms with Gasteiger partial charge in [-0.3, -0.25) is 29.8 Å². The molecule has 4 rings (SSSR count). The van der Waals surface area contributed by atoms with Crippen molar-refractivity contribution in [3.05, 3.63) is 140 Å². The van der Waals surface area contributed by atoms with Gasteiger partial charge in [0.15, 0.2) is 0 Å². The van der Waals surface area contributed by atoms with Gasteiger partial charge in [-0.2, -0.15) is 0 Å². The highest BCUT2D eigenvalue weighted by Gasteiger charge is 2.07. The number of carbonyl (C=O) groups is 2. The summed E-state index contributed by atoms with van der Waals surface area (Å²) >= 11 is 0. The van der Waals surface area contributed by atoms with Crippen LogP contribution in [0, 0.1) is 20.2 Å². The second-order valence-electron chi connectivity index (χ2n) is 9.86. The zero-order valence-electron chi connectivity index (χ0n) is 25.5. The normalized spacial score (nSPS) is 10.1. The van der Waals surface area contributed by atoms with E-state index in [1.54, 1.807) is 24.3 Å². The first-order valence-electron chi connectivity index (χ1n) is 14.2. The summed E-state index contributed by atoms with van der Waals surface area (Å²) in [7, 11) is 2.74. The van der Waals surface area contributed by atoms with Crippen molar-refractivity contribution in [2.75, 3.05) is 14.2 Å². The SMILES string of the molecule is COC(=O)CCc1ccc(OCc2ccc([N+](=O)[O-])cc2)cc1.COC(=O)CCc1ccc(OCc2ccc([N+](=O)[O-])cc2)cc1. The van der Waals surface area contributed by atoms with Crippen molar-refractivity contribution in [3.63, 3.8) is 0 Å². The molecule has 0 fully saturated rings. The molecule has 240 valence electrons. The molecule has 0 spiro atoms. The Bertz CT molecular complexity index is 1450. The van der Waals surface area contributed by atoms with Crippen molar-refractivity contribution in [1.82, 2.24) is 0 Å². The Kier molecular flexibility index (Phi) is 13.7. The number of hydrogen-bond donors (Lipinski definition) is 0. The van der Waals surface area contributed by atoms with E-state index in [2.05, 4.69) is 9.47 Å². The predicted molar refractivity (Wildman–Crippen MR) is 168 cm³/mol. The summed E-state index contributed by atoms with van der Waals surface area (Å²) in [6, 6.07) is 27.4. The van der Waals surface area contributed by atoms with Crippen molar-refractivity contribution < 1.29 is 38.4 Å². The first-order chi connectivity index (χ1) is 22.2. The Morgan fingerprint density at radius 3 is 1.11 bits per heavy atom. The molecule has 0 N–H and O–H groups in total. The molecular formula is C34H34N2O10. The smallest absolute Gasteiger partial charge is 0.305 e. The van der Waals surface area contributed by atoms with Crippen LogP contribution in [-0.2, 0) is 45.1 Å². The summed E-state index contributed by atoms with van der Waals surface area (Å²) in [6.45, 7) is 0.666. The Labute approximate surface area is 265 Å². The molecule has 0 radical (unpaired) electrons. The van der Waals surface area contributed by atoms with Gasteiger partial charge in [-0.1, -0.05) is 24.3 Å². The van der Waals surface area contributed by atoms with Crippen LogP contribution in [0.5, 0.6) is 11.5 Å². The highest BCUT2D eigenvalue weighted by molar-refractivity contribution is 5.69. The summed E-state index contributed by atoms with van der Waals surface area (Å²) in [5.74, 6) is 0.933. The van der Waals surface area contributed by atoms with Gasteiger partial charge in [-0.15, -0.1) is 0 Å². The number of ether oxygens (including phenoxy) is 4. The van der Waals surface area contributed by atoms with E-state index in [1.807, 2.05) is 48.5 Å². The second kappa shape index (κ2) is 18.1. The van der Waals surface area contributed by atoms with Crippen molar-refractivity contribution in [2.24, 2.45) is 0 Å². The standard InChI is InChI=1S/2C17H17NO5/c2*1-22-17(19)11-6-13-4-9-16(10-5-13)23-12-14-2-7-15(8-3-14)18(20)21/h2*2-5,7-10H,6,11-12H2,1H3. The number of hydrogen-bond acceptors (Lipinski definition) is 10. The number of carbonyl (C=O) groups excluding carboxylic acids is 2. The van der Waals surface area contributed by atoms with Crippen LogP contribution >= 0.6 is 0 Å². The lowest BCUT2D eigenvalue weighted by atomic mass is 10.1. The van der Waals surface area contributed by atoms with E-state index in [1.165, 1.54) is 38.5 Å². The molecule has 12 nitrogen and oxygen atoms in total. The van der Waals surface area contributed by atoms with Crippen LogP contribution in [0.3, 0.4) is 0 Å². The molecule has 0 atom stereocenters. The van der Waals surface area contributed by atoms with Gasteiger partial charge >= 0.3 is 11.9 Å². The van der Waals surface area contributed by atoms with E-state index in [9.17, 15) is 29.8 Å². The van der Waals surface area contributed by atoms with Crippen molar-refractivity contribution in [1.29, 1.82) is 0 Å². The Morgan fingerprint density at radius 1 is 0.522 bits per heavy atom. The third-order valence-electron chi connectivity index (χ3n) is 6.64. The monoisotopic (exact) mass is 630 g/mol. The molecule has 0 aromatic heterocycles. The second-order valence-corrected chi connectivity index (χ2v) is 9.86. The van der Waals surface area contributed by atoms with Crippen LogP contribution in [0.4, 0.5) is 11.4 Å². The maximum absolute atomic E-state index is 11.1. The van der Waals surface area contributed by atoms with Gasteiger partial charge < -0.3 is 18.9 Å². The van der Waals surface area contributed by atoms with Gasteiger partial charge in [0.25, 0.3) is 11.4 Å². The molecule has 46 heavy (non-hydrogen) atoms. The van der Waals surface area contributed by atoms with E-state index < -0.39 is 9.85 Å². The molecule has 0 bridgehead atoms. The van der Waals surface area contributed by atoms with Crippen molar-refractivity contribution >= 4 is 23.3 Å². The lowest BCUT2D eigenvalue weighted by Gasteiger charge is -2.07. The third-order valence-corrected chi connectivity index (χ3v) is 6.64. The van der Waals surface area contributed by atoms with Crippen LogP contribution in [0.15, 0.2) is 97.1 Å². The number of nitro groups is 2. The summed E-state index contributed by atoms with van der Waals surface area (Å²) in [5.41, 5.74) is 3.87. The fourth-order valence-corrected chi connectivity index (χ4v) is 3.96. The minimum absolute atomic E-state index is 0.0590. The fourth-order valence-electron chi connectivity index (χ4n) is 3.96. The number of non-ortho nitro benzene ring substituents is 2. The van der Waals surface area contributed by atoms with E-state index in [0.29, 0.717) is 50.4 Å². The van der Waals surface area contributed by atoms with E-state index in [0.717, 1.165) is 22.3 Å². The number of nitro benzene ring substituents is 2. The number of methoxy groups -OCH3 is 2. The molecule has 0 saturated heterocycles. The highest BCUT2D eigenvalue weighted by Crippen LogP contribution is 2.19. The average Bonchev–Trinajstić information content (AvgIpc) is 3.09. The number of aryl methyl sites for hydroxylation is 2. The molecule has 0 amide bonds. The quantitative estimate of drug-likeness (QED) is 0.0849. The van der Waals surface area contributed by atoms with E-state index in [4.69, 9.17) is 9.47 Å². The molecule has 12 heteroatoms. The summed E-state index contributed by atoms with van der Waals surface area (Å²) in [4.78, 5) is 42.5. The lowest BCUT2D eigenvalue weighted by Crippen LogP contribution is -2.02. The zero-order chi connectivity index (χ0) is 33.3. The zero-order valence-corrected chi connectivity index (χ0v) is 25.5. The van der Waals surface area contributed by atoms with Gasteiger partial charge in [-0.05, 0) is 83.6 Å². The topological polar surface area (TPSA) is 157 Å². The molecular weight excluding hydrogens is 596 g/mol. The summed E-state index contributed by atoms with van der Waals surface area (Å²) in [6.07, 6.45) is 1.93. The molecule has 0 aliphatic rings. The Balaban J connectivity index is 0.000000250. The van der Waals surface area contributed by atoms with Crippen LogP contribution in [0.2, 0.25) is 0 Å². The van der Waals surface area contributed by atoms with Gasteiger partial charge in [0.1, 0.15) is 24.7 Å². The van der Waals surface area contributed by atoms with Crippen molar-refractivity contribution in [3.8, 4) is 11.5 Å². The van der Waals surface area contributed by atoms with Crippen LogP contribution < -0.4 is 9.47 Å². The summed E-state index contributed by atoms with van der Waals surface area (Å²) < 4.78 is 20.5. The molecule has 0 unspecified atom stereocenters. The molecule has 4 aromatic rings. The van der Waals surface area contributed by atoms with E-state index in [-0.39, 0.29) is 23.3 Å². The molecule has 0 aliphatic heterocycles. The number of nitrogens with zero attached hydrogens (tertiary/aromatic N) is 2. The molecule has 0 aliphatic carbocycles. The molecule has 4 aromatic carbocycles. The number of rotatable bonds is 14. The largest absolute Gasteiger partial charge is 0.489 e. The lowest BCUT2D eigenvalue weighted by molar-refractivity contribution is -0.385. The number of esters is 2. The minimum Gasteiger partial charge on any atom is -0.489 e. The van der Waals surface area contributed by atoms with Gasteiger partial charge in [0.2, 0.25) is 0 Å². The summed E-state index contributed by atoms with van der Waals surface area (Å²) in [5, 5.41) is 21.2.